The first-order valence-corrected chi connectivity index (χ1v) is 6.56. The minimum absolute atomic E-state index is 0.110. The van der Waals surface area contributed by atoms with Gasteiger partial charge in [-0.3, -0.25) is 4.79 Å². The monoisotopic (exact) mass is 248 g/mol. The van der Waals surface area contributed by atoms with Gasteiger partial charge < -0.3 is 11.1 Å². The molecule has 0 aliphatic carbocycles. The summed E-state index contributed by atoms with van der Waals surface area (Å²) in [6.07, 6.45) is 0.704. The van der Waals surface area contributed by atoms with Gasteiger partial charge in [-0.1, -0.05) is 39.8 Å². The molecule has 0 bridgehead atoms. The van der Waals surface area contributed by atoms with Gasteiger partial charge in [-0.2, -0.15) is 0 Å². The number of hydrogen-bond donors (Lipinski definition) is 2. The molecule has 3 nitrogen and oxygen atoms in total. The molecule has 0 aromatic heterocycles. The Hall–Kier alpha value is -1.35. The first-order chi connectivity index (χ1) is 8.40. The van der Waals surface area contributed by atoms with E-state index in [4.69, 9.17) is 5.73 Å². The van der Waals surface area contributed by atoms with Crippen LogP contribution < -0.4 is 11.1 Å². The average Bonchev–Trinajstić information content (AvgIpc) is 2.28. The minimum Gasteiger partial charge on any atom is -0.325 e. The number of anilines is 1. The molecule has 100 valence electrons. The number of hydrogen-bond acceptors (Lipinski definition) is 2. The van der Waals surface area contributed by atoms with Crippen molar-refractivity contribution in [3.8, 4) is 0 Å². The van der Waals surface area contributed by atoms with Crippen molar-refractivity contribution in [3.05, 3.63) is 29.8 Å². The lowest BCUT2D eigenvalue weighted by molar-refractivity contribution is -0.117. The van der Waals surface area contributed by atoms with Crippen molar-refractivity contribution < 1.29 is 4.79 Å². The van der Waals surface area contributed by atoms with E-state index in [9.17, 15) is 4.79 Å². The second-order valence-corrected chi connectivity index (χ2v) is 5.50. The first-order valence-electron chi connectivity index (χ1n) is 6.56. The molecule has 3 N–H and O–H groups in total. The molecule has 18 heavy (non-hydrogen) atoms. The van der Waals surface area contributed by atoms with Gasteiger partial charge >= 0.3 is 0 Å². The third-order valence-corrected chi connectivity index (χ3v) is 2.91. The molecule has 0 heterocycles. The van der Waals surface area contributed by atoms with Crippen LogP contribution in [0.3, 0.4) is 0 Å². The molecule has 0 fully saturated rings. The highest BCUT2D eigenvalue weighted by Crippen LogP contribution is 2.17. The Morgan fingerprint density at radius 1 is 1.17 bits per heavy atom. The molecule has 0 aliphatic rings. The van der Waals surface area contributed by atoms with Gasteiger partial charge in [-0.15, -0.1) is 0 Å². The molecule has 0 saturated heterocycles. The van der Waals surface area contributed by atoms with Crippen molar-refractivity contribution in [1.29, 1.82) is 0 Å². The maximum absolute atomic E-state index is 11.8. The Morgan fingerprint density at radius 2 is 1.72 bits per heavy atom. The van der Waals surface area contributed by atoms with E-state index in [1.54, 1.807) is 0 Å². The van der Waals surface area contributed by atoms with Gasteiger partial charge in [-0.25, -0.2) is 0 Å². The van der Waals surface area contributed by atoms with E-state index in [1.165, 1.54) is 5.56 Å². The van der Waals surface area contributed by atoms with E-state index in [2.05, 4.69) is 33.0 Å². The summed E-state index contributed by atoms with van der Waals surface area (Å²) in [5.74, 6) is 0.813. The Labute approximate surface area is 110 Å². The summed E-state index contributed by atoms with van der Waals surface area (Å²) in [5.41, 5.74) is 7.90. The molecular formula is C15H24N2O. The van der Waals surface area contributed by atoms with Crippen LogP contribution >= 0.6 is 0 Å². The van der Waals surface area contributed by atoms with Crippen molar-refractivity contribution in [3.63, 3.8) is 0 Å². The van der Waals surface area contributed by atoms with Crippen LogP contribution in [-0.4, -0.2) is 11.9 Å². The second kappa shape index (κ2) is 6.55. The predicted molar refractivity (Wildman–Crippen MR) is 76.6 cm³/mol. The first kappa shape index (κ1) is 14.7. The number of carbonyl (C=O) groups excluding carboxylic acids is 1. The van der Waals surface area contributed by atoms with Crippen molar-refractivity contribution in [1.82, 2.24) is 0 Å². The number of nitrogens with two attached hydrogens (primary N) is 1. The average molecular weight is 248 g/mol. The van der Waals surface area contributed by atoms with E-state index < -0.39 is 6.04 Å². The Balaban J connectivity index is 2.59. The molecular weight excluding hydrogens is 224 g/mol. The summed E-state index contributed by atoms with van der Waals surface area (Å²) in [6, 6.07) is 7.49. The Bertz CT molecular complexity index is 382. The van der Waals surface area contributed by atoms with E-state index in [-0.39, 0.29) is 5.91 Å². The lowest BCUT2D eigenvalue weighted by Crippen LogP contribution is -2.36. The SMILES string of the molecule is CC(C)C[C@H](N)C(=O)Nc1ccc(C(C)C)cc1. The van der Waals surface area contributed by atoms with Crippen molar-refractivity contribution in [2.24, 2.45) is 11.7 Å². The Kier molecular flexibility index (Phi) is 5.35. The third kappa shape index (κ3) is 4.49. The molecule has 0 aliphatic heterocycles. The van der Waals surface area contributed by atoms with E-state index in [0.717, 1.165) is 5.69 Å². The van der Waals surface area contributed by atoms with Gasteiger partial charge in [0.05, 0.1) is 6.04 Å². The molecule has 1 atom stereocenters. The standard InChI is InChI=1S/C15H24N2O/c1-10(2)9-14(16)15(18)17-13-7-5-12(6-8-13)11(3)4/h5-8,10-11,14H,9,16H2,1-4H3,(H,17,18)/t14-/m0/s1. The lowest BCUT2D eigenvalue weighted by atomic mass is 10.0. The van der Waals surface area contributed by atoms with Crippen LogP contribution in [0.15, 0.2) is 24.3 Å². The molecule has 1 amide bonds. The zero-order valence-corrected chi connectivity index (χ0v) is 11.7. The van der Waals surface area contributed by atoms with Gasteiger partial charge in [-0.05, 0) is 36.0 Å². The largest absolute Gasteiger partial charge is 0.325 e. The van der Waals surface area contributed by atoms with E-state index in [0.29, 0.717) is 18.3 Å². The smallest absolute Gasteiger partial charge is 0.241 e. The van der Waals surface area contributed by atoms with Gasteiger partial charge in [0, 0.05) is 5.69 Å². The van der Waals surface area contributed by atoms with E-state index >= 15 is 0 Å². The third-order valence-electron chi connectivity index (χ3n) is 2.91. The summed E-state index contributed by atoms with van der Waals surface area (Å²) in [4.78, 5) is 11.8. The molecule has 0 unspecified atom stereocenters. The van der Waals surface area contributed by atoms with Crippen molar-refractivity contribution in [2.75, 3.05) is 5.32 Å². The van der Waals surface area contributed by atoms with Crippen LogP contribution in [0.2, 0.25) is 0 Å². The number of nitrogens with one attached hydrogen (secondary N) is 1. The molecule has 0 spiro atoms. The fourth-order valence-electron chi connectivity index (χ4n) is 1.80. The van der Waals surface area contributed by atoms with Crippen LogP contribution in [0.25, 0.3) is 0 Å². The van der Waals surface area contributed by atoms with E-state index in [1.807, 2.05) is 24.3 Å². The zero-order valence-electron chi connectivity index (χ0n) is 11.7. The lowest BCUT2D eigenvalue weighted by Gasteiger charge is -2.14. The molecule has 1 rings (SSSR count). The number of benzene rings is 1. The van der Waals surface area contributed by atoms with Crippen LogP contribution in [0.5, 0.6) is 0 Å². The summed E-state index contributed by atoms with van der Waals surface area (Å²) in [6.45, 7) is 8.41. The summed E-state index contributed by atoms with van der Waals surface area (Å²) >= 11 is 0. The van der Waals surface area contributed by atoms with Gasteiger partial charge in [0.25, 0.3) is 0 Å². The maximum atomic E-state index is 11.8. The van der Waals surface area contributed by atoms with Crippen LogP contribution in [-0.2, 0) is 4.79 Å². The number of amides is 1. The zero-order chi connectivity index (χ0) is 13.7. The van der Waals surface area contributed by atoms with Gasteiger partial charge in [0.2, 0.25) is 5.91 Å². The second-order valence-electron chi connectivity index (χ2n) is 5.50. The highest BCUT2D eigenvalue weighted by Gasteiger charge is 2.14. The molecule has 1 aromatic carbocycles. The maximum Gasteiger partial charge on any atom is 0.241 e. The van der Waals surface area contributed by atoms with Gasteiger partial charge in [0.1, 0.15) is 0 Å². The summed E-state index contributed by atoms with van der Waals surface area (Å²) in [7, 11) is 0. The van der Waals surface area contributed by atoms with Gasteiger partial charge in [0.15, 0.2) is 0 Å². The minimum atomic E-state index is -0.435. The topological polar surface area (TPSA) is 55.1 Å². The van der Waals surface area contributed by atoms with Crippen LogP contribution in [0.4, 0.5) is 5.69 Å². The molecule has 1 aromatic rings. The highest BCUT2D eigenvalue weighted by molar-refractivity contribution is 5.94. The fourth-order valence-corrected chi connectivity index (χ4v) is 1.80. The molecule has 3 heteroatoms. The fraction of sp³-hybridized carbons (Fsp3) is 0.533. The Morgan fingerprint density at radius 3 is 2.17 bits per heavy atom. The number of carbonyl (C=O) groups is 1. The van der Waals surface area contributed by atoms with Crippen LogP contribution in [0.1, 0.15) is 45.6 Å². The quantitative estimate of drug-likeness (QED) is 0.841. The number of rotatable bonds is 5. The highest BCUT2D eigenvalue weighted by atomic mass is 16.2. The predicted octanol–water partition coefficient (Wildman–Crippen LogP) is 3.12. The normalized spacial score (nSPS) is 12.8. The molecule has 0 saturated carbocycles. The summed E-state index contributed by atoms with van der Waals surface area (Å²) in [5, 5.41) is 2.85. The summed E-state index contributed by atoms with van der Waals surface area (Å²) < 4.78 is 0. The van der Waals surface area contributed by atoms with Crippen molar-refractivity contribution in [2.45, 2.75) is 46.1 Å². The molecule has 0 radical (unpaired) electrons. The van der Waals surface area contributed by atoms with Crippen LogP contribution in [0, 0.1) is 5.92 Å². The van der Waals surface area contributed by atoms with Crippen molar-refractivity contribution >= 4 is 11.6 Å².